The van der Waals surface area contributed by atoms with Gasteiger partial charge in [0.25, 0.3) is 5.91 Å². The normalized spacial score (nSPS) is 11.4. The van der Waals surface area contributed by atoms with E-state index in [0.29, 0.717) is 16.5 Å². The molecule has 0 radical (unpaired) electrons. The summed E-state index contributed by atoms with van der Waals surface area (Å²) in [5.74, 6) is 1.02. The minimum absolute atomic E-state index is 0.113. The number of thioether (sulfide) groups is 1. The summed E-state index contributed by atoms with van der Waals surface area (Å²) in [6.45, 7) is -0.113. The van der Waals surface area contributed by atoms with Gasteiger partial charge in [0.1, 0.15) is 5.75 Å². The molecule has 0 aliphatic heterocycles. The summed E-state index contributed by atoms with van der Waals surface area (Å²) in [5.41, 5.74) is 8.50. The Kier molecular flexibility index (Phi) is 8.05. The number of benzene rings is 3. The lowest BCUT2D eigenvalue weighted by Gasteiger charge is -2.09. The lowest BCUT2D eigenvalue weighted by Crippen LogP contribution is -2.20. The first-order valence-electron chi connectivity index (χ1n) is 9.30. The lowest BCUT2D eigenvalue weighted by molar-refractivity contribution is -0.118. The number of nitrogens with two attached hydrogens (primary N) is 1. The molecule has 7 heteroatoms. The van der Waals surface area contributed by atoms with E-state index in [1.807, 2.05) is 78.9 Å². The number of rotatable bonds is 8. The topological polar surface area (TPSA) is 89.1 Å². The molecule has 3 N–H and O–H groups in total. The Morgan fingerprint density at radius 3 is 2.40 bits per heavy atom. The molecule has 0 spiro atoms. The van der Waals surface area contributed by atoms with Crippen LogP contribution in [0.4, 0.5) is 5.69 Å². The van der Waals surface area contributed by atoms with Crippen molar-refractivity contribution in [3.05, 3.63) is 96.1 Å². The van der Waals surface area contributed by atoms with Crippen molar-refractivity contribution < 1.29 is 9.53 Å². The van der Waals surface area contributed by atoms with Crippen molar-refractivity contribution >= 4 is 34.7 Å². The summed E-state index contributed by atoms with van der Waals surface area (Å²) >= 11 is 1.41. The Bertz CT molecular complexity index is 1010. The molecule has 0 fully saturated rings. The molecule has 0 atom stereocenters. The van der Waals surface area contributed by atoms with Crippen molar-refractivity contribution in [1.82, 2.24) is 0 Å². The Labute approximate surface area is 179 Å². The number of carbonyl (C=O) groups is 1. The Morgan fingerprint density at radius 2 is 1.63 bits per heavy atom. The van der Waals surface area contributed by atoms with E-state index in [1.165, 1.54) is 11.8 Å². The van der Waals surface area contributed by atoms with Crippen LogP contribution in [0, 0.1) is 0 Å². The average molecular weight is 419 g/mol. The highest BCUT2D eigenvalue weighted by molar-refractivity contribution is 8.13. The van der Waals surface area contributed by atoms with E-state index in [0.717, 1.165) is 17.0 Å². The van der Waals surface area contributed by atoms with E-state index >= 15 is 0 Å². The van der Waals surface area contributed by atoms with E-state index in [4.69, 9.17) is 10.5 Å². The molecule has 3 aromatic rings. The van der Waals surface area contributed by atoms with E-state index in [1.54, 1.807) is 12.3 Å². The number of nitrogens with zero attached hydrogens (tertiary/aromatic N) is 2. The first-order chi connectivity index (χ1) is 14.7. The van der Waals surface area contributed by atoms with Crippen LogP contribution in [-0.2, 0) is 10.5 Å². The van der Waals surface area contributed by atoms with Crippen LogP contribution in [-0.4, -0.2) is 23.9 Å². The van der Waals surface area contributed by atoms with Gasteiger partial charge in [-0.2, -0.15) is 5.10 Å². The number of ether oxygens (including phenoxy) is 1. The van der Waals surface area contributed by atoms with Gasteiger partial charge in [0.05, 0.1) is 6.21 Å². The van der Waals surface area contributed by atoms with Crippen LogP contribution >= 0.6 is 11.8 Å². The fourth-order valence-electron chi connectivity index (χ4n) is 2.49. The van der Waals surface area contributed by atoms with Crippen LogP contribution in [0.5, 0.6) is 5.75 Å². The number of amidine groups is 1. The summed E-state index contributed by atoms with van der Waals surface area (Å²) in [6.07, 6.45) is 1.56. The summed E-state index contributed by atoms with van der Waals surface area (Å²) in [7, 11) is 0. The van der Waals surface area contributed by atoms with Crippen molar-refractivity contribution in [1.29, 1.82) is 0 Å². The van der Waals surface area contributed by atoms with Gasteiger partial charge in [0.2, 0.25) is 0 Å². The molecule has 0 aromatic heterocycles. The zero-order chi connectivity index (χ0) is 21.0. The Hall–Kier alpha value is -3.58. The standard InChI is InChI=1S/C23H22N4O2S/c24-23(30-17-18-9-3-1-4-10-18)27-25-15-19-11-7-8-14-21(19)29-16-22(28)26-20-12-5-2-6-13-20/h1-15H,16-17H2,(H2,24,27)(H,26,28). The van der Waals surface area contributed by atoms with Gasteiger partial charge < -0.3 is 15.8 Å². The van der Waals surface area contributed by atoms with E-state index in [2.05, 4.69) is 15.5 Å². The van der Waals surface area contributed by atoms with Gasteiger partial charge in [-0.1, -0.05) is 72.4 Å². The third-order valence-corrected chi connectivity index (χ3v) is 4.77. The SMILES string of the molecule is NC(=NN=Cc1ccccc1OCC(=O)Nc1ccccc1)SCc1ccccc1. The zero-order valence-electron chi connectivity index (χ0n) is 16.3. The monoisotopic (exact) mass is 418 g/mol. The quantitative estimate of drug-likeness (QED) is 0.324. The van der Waals surface area contributed by atoms with Crippen LogP contribution in [0.15, 0.2) is 95.1 Å². The molecule has 0 unspecified atom stereocenters. The second kappa shape index (κ2) is 11.4. The number of nitrogens with one attached hydrogen (secondary N) is 1. The van der Waals surface area contributed by atoms with Gasteiger partial charge >= 0.3 is 0 Å². The van der Waals surface area contributed by atoms with Gasteiger partial charge in [-0.15, -0.1) is 5.10 Å². The van der Waals surface area contributed by atoms with Crippen LogP contribution < -0.4 is 15.8 Å². The van der Waals surface area contributed by atoms with E-state index in [9.17, 15) is 4.79 Å². The second-order valence-corrected chi connectivity index (χ2v) is 7.19. The fraction of sp³-hybridized carbons (Fsp3) is 0.0870. The Balaban J connectivity index is 1.53. The maximum atomic E-state index is 12.1. The minimum atomic E-state index is -0.243. The minimum Gasteiger partial charge on any atom is -0.483 e. The lowest BCUT2D eigenvalue weighted by atomic mass is 10.2. The maximum Gasteiger partial charge on any atom is 0.262 e. The average Bonchev–Trinajstić information content (AvgIpc) is 2.78. The molecule has 0 saturated carbocycles. The first-order valence-corrected chi connectivity index (χ1v) is 10.3. The van der Waals surface area contributed by atoms with E-state index < -0.39 is 0 Å². The van der Waals surface area contributed by atoms with Crippen molar-refractivity contribution in [2.45, 2.75) is 5.75 Å². The number of hydrogen-bond acceptors (Lipinski definition) is 5. The molecule has 0 heterocycles. The van der Waals surface area contributed by atoms with Crippen LogP contribution in [0.2, 0.25) is 0 Å². The Morgan fingerprint density at radius 1 is 0.967 bits per heavy atom. The predicted octanol–water partition coefficient (Wildman–Crippen LogP) is 4.29. The molecular formula is C23H22N4O2S. The fourth-order valence-corrected chi connectivity index (χ4v) is 3.10. The molecule has 0 saturated heterocycles. The van der Waals surface area contributed by atoms with Crippen molar-refractivity contribution in [2.24, 2.45) is 15.9 Å². The molecule has 30 heavy (non-hydrogen) atoms. The highest BCUT2D eigenvalue weighted by Gasteiger charge is 2.06. The summed E-state index contributed by atoms with van der Waals surface area (Å²) in [6, 6.07) is 26.5. The van der Waals surface area contributed by atoms with Gasteiger partial charge in [0.15, 0.2) is 11.8 Å². The molecule has 0 bridgehead atoms. The van der Waals surface area contributed by atoms with Gasteiger partial charge in [-0.3, -0.25) is 4.79 Å². The van der Waals surface area contributed by atoms with Crippen LogP contribution in [0.1, 0.15) is 11.1 Å². The molecule has 1 amide bonds. The highest BCUT2D eigenvalue weighted by Crippen LogP contribution is 2.16. The third kappa shape index (κ3) is 7.10. The second-order valence-electron chi connectivity index (χ2n) is 6.20. The molecule has 0 aliphatic carbocycles. The largest absolute Gasteiger partial charge is 0.483 e. The van der Waals surface area contributed by atoms with Gasteiger partial charge in [0, 0.05) is 17.0 Å². The summed E-state index contributed by atoms with van der Waals surface area (Å²) < 4.78 is 5.65. The molecule has 3 rings (SSSR count). The van der Waals surface area contributed by atoms with Gasteiger partial charge in [-0.05, 0) is 29.8 Å². The van der Waals surface area contributed by atoms with Crippen LogP contribution in [0.25, 0.3) is 0 Å². The van der Waals surface area contributed by atoms with Crippen molar-refractivity contribution in [3.63, 3.8) is 0 Å². The molecule has 0 aliphatic rings. The molecule has 6 nitrogen and oxygen atoms in total. The maximum absolute atomic E-state index is 12.1. The number of carbonyl (C=O) groups excluding carboxylic acids is 1. The van der Waals surface area contributed by atoms with E-state index in [-0.39, 0.29) is 12.5 Å². The number of hydrogen-bond donors (Lipinski definition) is 2. The zero-order valence-corrected chi connectivity index (χ0v) is 17.1. The van der Waals surface area contributed by atoms with Crippen LogP contribution in [0.3, 0.4) is 0 Å². The summed E-state index contributed by atoms with van der Waals surface area (Å²) in [5, 5.41) is 11.2. The molecule has 152 valence electrons. The van der Waals surface area contributed by atoms with Crippen molar-refractivity contribution in [3.8, 4) is 5.75 Å². The van der Waals surface area contributed by atoms with Crippen molar-refractivity contribution in [2.75, 3.05) is 11.9 Å². The smallest absolute Gasteiger partial charge is 0.262 e. The highest BCUT2D eigenvalue weighted by atomic mass is 32.2. The van der Waals surface area contributed by atoms with Gasteiger partial charge in [-0.25, -0.2) is 0 Å². The number of para-hydroxylation sites is 2. The first kappa shape index (κ1) is 21.1. The third-order valence-electron chi connectivity index (χ3n) is 3.92. The summed E-state index contributed by atoms with van der Waals surface area (Å²) in [4.78, 5) is 12.1. The molecule has 3 aromatic carbocycles. The predicted molar refractivity (Wildman–Crippen MR) is 124 cm³/mol. The number of anilines is 1. The number of amides is 1. The molecular weight excluding hydrogens is 396 g/mol.